The Morgan fingerprint density at radius 3 is 2.94 bits per heavy atom. The molecule has 0 bridgehead atoms. The van der Waals surface area contributed by atoms with Crippen LogP contribution in [-0.4, -0.2) is 11.0 Å². The third-order valence-electron chi connectivity index (χ3n) is 3.34. The summed E-state index contributed by atoms with van der Waals surface area (Å²) < 4.78 is 0. The fourth-order valence-corrected chi connectivity index (χ4v) is 2.43. The average molecular weight is 230 g/mol. The number of nitriles is 1. The normalized spacial score (nSPS) is 22.1. The quantitative estimate of drug-likeness (QED) is 0.818. The van der Waals surface area contributed by atoms with E-state index in [0.29, 0.717) is 28.5 Å². The second kappa shape index (κ2) is 4.25. The first-order valence-electron chi connectivity index (χ1n) is 5.92. The maximum absolute atomic E-state index is 9.03. The maximum atomic E-state index is 9.03. The predicted molar refractivity (Wildman–Crippen MR) is 68.4 cm³/mol. The number of nitrogen functional groups attached to an aromatic ring is 1. The van der Waals surface area contributed by atoms with Crippen molar-refractivity contribution >= 4 is 11.5 Å². The van der Waals surface area contributed by atoms with Crippen molar-refractivity contribution in [3.05, 3.63) is 17.8 Å². The number of aromatic nitrogens is 1. The van der Waals surface area contributed by atoms with Gasteiger partial charge in [-0.05, 0) is 30.7 Å². The number of hydrogen-bond donors (Lipinski definition) is 2. The van der Waals surface area contributed by atoms with E-state index in [-0.39, 0.29) is 0 Å². The van der Waals surface area contributed by atoms with E-state index in [1.807, 2.05) is 0 Å². The van der Waals surface area contributed by atoms with E-state index < -0.39 is 0 Å². The molecule has 1 saturated carbocycles. The molecule has 1 aliphatic rings. The van der Waals surface area contributed by atoms with Crippen LogP contribution in [0.2, 0.25) is 0 Å². The first kappa shape index (κ1) is 11.7. The summed E-state index contributed by atoms with van der Waals surface area (Å²) in [6, 6.07) is 4.20. The molecule has 3 N–H and O–H groups in total. The van der Waals surface area contributed by atoms with Gasteiger partial charge in [-0.3, -0.25) is 0 Å². The highest BCUT2D eigenvalue weighted by Crippen LogP contribution is 2.38. The third-order valence-corrected chi connectivity index (χ3v) is 3.34. The molecule has 0 saturated heterocycles. The summed E-state index contributed by atoms with van der Waals surface area (Å²) in [6.45, 7) is 4.55. The zero-order valence-electron chi connectivity index (χ0n) is 10.3. The lowest BCUT2D eigenvalue weighted by atomic mass is 9.92. The van der Waals surface area contributed by atoms with Crippen LogP contribution in [0.1, 0.15) is 38.7 Å². The molecule has 0 amide bonds. The van der Waals surface area contributed by atoms with Gasteiger partial charge in [-0.2, -0.15) is 5.26 Å². The van der Waals surface area contributed by atoms with Gasteiger partial charge in [-0.1, -0.05) is 13.8 Å². The van der Waals surface area contributed by atoms with Crippen LogP contribution >= 0.6 is 0 Å². The number of pyridine rings is 1. The average Bonchev–Trinajstić information content (AvgIpc) is 2.61. The van der Waals surface area contributed by atoms with E-state index in [1.54, 1.807) is 12.3 Å². The molecule has 2 rings (SSSR count). The first-order valence-corrected chi connectivity index (χ1v) is 5.92. The molecule has 1 atom stereocenters. The van der Waals surface area contributed by atoms with Crippen molar-refractivity contribution in [1.29, 1.82) is 5.26 Å². The molecular formula is C13H18N4. The van der Waals surface area contributed by atoms with Crippen LogP contribution in [0, 0.1) is 16.7 Å². The zero-order valence-corrected chi connectivity index (χ0v) is 10.3. The van der Waals surface area contributed by atoms with Crippen LogP contribution in [0.3, 0.4) is 0 Å². The van der Waals surface area contributed by atoms with Gasteiger partial charge in [0.05, 0.1) is 17.4 Å². The Labute approximate surface area is 102 Å². The Morgan fingerprint density at radius 2 is 2.35 bits per heavy atom. The van der Waals surface area contributed by atoms with E-state index in [9.17, 15) is 0 Å². The Balaban J connectivity index is 2.12. The third kappa shape index (κ3) is 2.68. The SMILES string of the molecule is CC1(C)CCC(Nc2ncc(N)cc2C#N)C1. The molecule has 0 spiro atoms. The number of hydrogen-bond acceptors (Lipinski definition) is 4. The highest BCUT2D eigenvalue weighted by atomic mass is 15.0. The van der Waals surface area contributed by atoms with E-state index in [2.05, 4.69) is 30.2 Å². The molecule has 4 nitrogen and oxygen atoms in total. The molecule has 0 radical (unpaired) electrons. The Hall–Kier alpha value is -1.76. The van der Waals surface area contributed by atoms with Gasteiger partial charge in [0, 0.05) is 6.04 Å². The van der Waals surface area contributed by atoms with Crippen molar-refractivity contribution in [2.45, 2.75) is 39.2 Å². The number of nitrogens with two attached hydrogens (primary N) is 1. The Morgan fingerprint density at radius 1 is 1.59 bits per heavy atom. The van der Waals surface area contributed by atoms with Crippen LogP contribution in [-0.2, 0) is 0 Å². The highest BCUT2D eigenvalue weighted by molar-refractivity contribution is 5.57. The van der Waals surface area contributed by atoms with Crippen molar-refractivity contribution < 1.29 is 0 Å². The fourth-order valence-electron chi connectivity index (χ4n) is 2.43. The molecule has 0 aliphatic heterocycles. The van der Waals surface area contributed by atoms with E-state index in [1.165, 1.54) is 6.42 Å². The molecule has 90 valence electrons. The summed E-state index contributed by atoms with van der Waals surface area (Å²) in [7, 11) is 0. The Kier molecular flexibility index (Phi) is 2.93. The number of rotatable bonds is 2. The van der Waals surface area contributed by atoms with E-state index in [4.69, 9.17) is 11.0 Å². The topological polar surface area (TPSA) is 74.7 Å². The number of nitrogens with zero attached hydrogens (tertiary/aromatic N) is 2. The second-order valence-corrected chi connectivity index (χ2v) is 5.52. The van der Waals surface area contributed by atoms with Gasteiger partial charge in [-0.25, -0.2) is 4.98 Å². The van der Waals surface area contributed by atoms with Crippen molar-refractivity contribution in [1.82, 2.24) is 4.98 Å². The van der Waals surface area contributed by atoms with Crippen LogP contribution < -0.4 is 11.1 Å². The van der Waals surface area contributed by atoms with Gasteiger partial charge < -0.3 is 11.1 Å². The van der Waals surface area contributed by atoms with E-state index >= 15 is 0 Å². The molecule has 1 aliphatic carbocycles. The standard InChI is InChI=1S/C13H18N4/c1-13(2)4-3-11(6-13)17-12-9(7-14)5-10(15)8-16-12/h5,8,11H,3-4,6,15H2,1-2H3,(H,16,17). The van der Waals surface area contributed by atoms with Gasteiger partial charge in [0.15, 0.2) is 0 Å². The Bertz CT molecular complexity index is 459. The highest BCUT2D eigenvalue weighted by Gasteiger charge is 2.31. The van der Waals surface area contributed by atoms with Crippen molar-refractivity contribution in [2.75, 3.05) is 11.1 Å². The van der Waals surface area contributed by atoms with Gasteiger partial charge in [0.2, 0.25) is 0 Å². The molecule has 1 aromatic rings. The maximum Gasteiger partial charge on any atom is 0.144 e. The molecule has 1 unspecified atom stereocenters. The summed E-state index contributed by atoms with van der Waals surface area (Å²) in [5.74, 6) is 0.657. The zero-order chi connectivity index (χ0) is 12.5. The molecule has 0 aromatic carbocycles. The lowest BCUT2D eigenvalue weighted by Crippen LogP contribution is -2.19. The molecule has 17 heavy (non-hydrogen) atoms. The van der Waals surface area contributed by atoms with Crippen molar-refractivity contribution in [3.8, 4) is 6.07 Å². The van der Waals surface area contributed by atoms with E-state index in [0.717, 1.165) is 12.8 Å². The molecule has 1 fully saturated rings. The first-order chi connectivity index (χ1) is 8.00. The summed E-state index contributed by atoms with van der Waals surface area (Å²) >= 11 is 0. The molecule has 1 aromatic heterocycles. The smallest absolute Gasteiger partial charge is 0.144 e. The lowest BCUT2D eigenvalue weighted by molar-refractivity contribution is 0.378. The minimum absolute atomic E-state index is 0.387. The summed E-state index contributed by atoms with van der Waals surface area (Å²) in [6.07, 6.45) is 5.04. The van der Waals surface area contributed by atoms with Crippen molar-refractivity contribution in [3.63, 3.8) is 0 Å². The second-order valence-electron chi connectivity index (χ2n) is 5.52. The van der Waals surface area contributed by atoms with Crippen molar-refractivity contribution in [2.24, 2.45) is 5.41 Å². The predicted octanol–water partition coefficient (Wildman–Crippen LogP) is 2.53. The molecular weight excluding hydrogens is 212 g/mol. The fraction of sp³-hybridized carbons (Fsp3) is 0.538. The summed E-state index contributed by atoms with van der Waals surface area (Å²) in [5.41, 5.74) is 7.05. The number of anilines is 2. The van der Waals surface area contributed by atoms with Crippen LogP contribution in [0.4, 0.5) is 11.5 Å². The summed E-state index contributed by atoms with van der Waals surface area (Å²) in [5, 5.41) is 12.4. The summed E-state index contributed by atoms with van der Waals surface area (Å²) in [4.78, 5) is 4.20. The lowest BCUT2D eigenvalue weighted by Gasteiger charge is -2.18. The van der Waals surface area contributed by atoms with Gasteiger partial charge in [0.25, 0.3) is 0 Å². The molecule has 4 heteroatoms. The van der Waals surface area contributed by atoms with Gasteiger partial charge in [-0.15, -0.1) is 0 Å². The minimum Gasteiger partial charge on any atom is -0.397 e. The van der Waals surface area contributed by atoms with Crippen LogP contribution in [0.5, 0.6) is 0 Å². The number of nitrogens with one attached hydrogen (secondary N) is 1. The van der Waals surface area contributed by atoms with Gasteiger partial charge in [0.1, 0.15) is 11.9 Å². The monoisotopic (exact) mass is 230 g/mol. The molecule has 1 heterocycles. The van der Waals surface area contributed by atoms with Crippen LogP contribution in [0.15, 0.2) is 12.3 Å². The van der Waals surface area contributed by atoms with Crippen LogP contribution in [0.25, 0.3) is 0 Å². The largest absolute Gasteiger partial charge is 0.397 e. The minimum atomic E-state index is 0.387. The van der Waals surface area contributed by atoms with Gasteiger partial charge >= 0.3 is 0 Å².